The van der Waals surface area contributed by atoms with Crippen LogP contribution in [0.15, 0.2) is 24.3 Å². The molecule has 0 aliphatic carbocycles. The minimum atomic E-state index is -2.56. The van der Waals surface area contributed by atoms with Crippen molar-refractivity contribution >= 4 is 11.7 Å². The van der Waals surface area contributed by atoms with Gasteiger partial charge in [-0.2, -0.15) is 0 Å². The van der Waals surface area contributed by atoms with Crippen molar-refractivity contribution in [1.82, 2.24) is 0 Å². The first-order valence-corrected chi connectivity index (χ1v) is 4.72. The first-order valence-electron chi connectivity index (χ1n) is 4.72. The summed E-state index contributed by atoms with van der Waals surface area (Å²) < 4.78 is 28.3. The molecule has 0 unspecified atom stereocenters. The van der Waals surface area contributed by atoms with E-state index < -0.39 is 30.2 Å². The lowest BCUT2D eigenvalue weighted by Crippen LogP contribution is -2.09. The number of nitro groups is 1. The zero-order valence-electron chi connectivity index (χ0n) is 8.64. The fraction of sp³-hybridized carbons (Fsp3) is 0.300. The zero-order valence-corrected chi connectivity index (χ0v) is 8.64. The summed E-state index contributed by atoms with van der Waals surface area (Å²) in [7, 11) is 0. The molecule has 0 atom stereocenters. The van der Waals surface area contributed by atoms with Crippen molar-refractivity contribution in [1.29, 1.82) is 0 Å². The smallest absolute Gasteiger partial charge is 0.311 e. The van der Waals surface area contributed by atoms with Gasteiger partial charge in [-0.1, -0.05) is 0 Å². The van der Waals surface area contributed by atoms with Gasteiger partial charge >= 0.3 is 5.97 Å². The Morgan fingerprint density at radius 2 is 1.94 bits per heavy atom. The Morgan fingerprint density at radius 3 is 2.41 bits per heavy atom. The second-order valence-electron chi connectivity index (χ2n) is 3.15. The van der Waals surface area contributed by atoms with E-state index >= 15 is 0 Å². The molecule has 0 N–H and O–H groups in total. The van der Waals surface area contributed by atoms with Crippen molar-refractivity contribution in [3.63, 3.8) is 0 Å². The maximum Gasteiger partial charge on any atom is 0.311 e. The van der Waals surface area contributed by atoms with Gasteiger partial charge in [0.05, 0.1) is 11.3 Å². The number of nitro benzene ring substituents is 1. The van der Waals surface area contributed by atoms with Crippen LogP contribution in [0.4, 0.5) is 14.5 Å². The molecule has 0 aliphatic heterocycles. The Labute approximate surface area is 95.2 Å². The molecule has 5 nitrogen and oxygen atoms in total. The Bertz CT molecular complexity index is 405. The Balaban J connectivity index is 2.51. The fourth-order valence-corrected chi connectivity index (χ4v) is 1.05. The maximum atomic E-state index is 11.8. The third-order valence-electron chi connectivity index (χ3n) is 1.85. The van der Waals surface area contributed by atoms with Gasteiger partial charge in [-0.05, 0) is 12.1 Å². The van der Waals surface area contributed by atoms with Crippen LogP contribution < -0.4 is 4.74 Å². The molecule has 0 saturated heterocycles. The number of nitrogens with zero attached hydrogens (tertiary/aromatic N) is 1. The zero-order chi connectivity index (χ0) is 12.8. The van der Waals surface area contributed by atoms with E-state index in [1.165, 1.54) is 12.1 Å². The van der Waals surface area contributed by atoms with Crippen LogP contribution in [0.3, 0.4) is 0 Å². The van der Waals surface area contributed by atoms with E-state index in [4.69, 9.17) is 4.74 Å². The molecule has 0 radical (unpaired) electrons. The maximum absolute atomic E-state index is 11.8. The number of carbonyl (C=O) groups is 1. The van der Waals surface area contributed by atoms with E-state index in [-0.39, 0.29) is 11.4 Å². The van der Waals surface area contributed by atoms with Crippen LogP contribution in [0.25, 0.3) is 0 Å². The molecule has 0 amide bonds. The Kier molecular flexibility index (Phi) is 4.50. The summed E-state index contributed by atoms with van der Waals surface area (Å²) in [4.78, 5) is 20.8. The third-order valence-corrected chi connectivity index (χ3v) is 1.85. The average Bonchev–Trinajstić information content (AvgIpc) is 2.27. The number of alkyl halides is 2. The van der Waals surface area contributed by atoms with Crippen LogP contribution in [0.1, 0.15) is 12.8 Å². The second-order valence-corrected chi connectivity index (χ2v) is 3.15. The molecule has 1 aromatic carbocycles. The predicted molar refractivity (Wildman–Crippen MR) is 54.0 cm³/mol. The quantitative estimate of drug-likeness (QED) is 0.346. The van der Waals surface area contributed by atoms with Crippen LogP contribution >= 0.6 is 0 Å². The molecule has 0 aliphatic rings. The highest BCUT2D eigenvalue weighted by atomic mass is 19.3. The summed E-state index contributed by atoms with van der Waals surface area (Å²) in [5, 5.41) is 10.3. The summed E-state index contributed by atoms with van der Waals surface area (Å²) in [5.41, 5.74) is -0.141. The molecule has 1 aromatic rings. The van der Waals surface area contributed by atoms with Crippen molar-refractivity contribution < 1.29 is 23.2 Å². The van der Waals surface area contributed by atoms with Gasteiger partial charge in [0.2, 0.25) is 6.43 Å². The SMILES string of the molecule is O=C(CCC(F)F)Oc1ccc([N+](=O)[O-])cc1. The van der Waals surface area contributed by atoms with E-state index in [1.807, 2.05) is 0 Å². The van der Waals surface area contributed by atoms with Gasteiger partial charge in [-0.15, -0.1) is 0 Å². The minimum Gasteiger partial charge on any atom is -0.427 e. The van der Waals surface area contributed by atoms with Gasteiger partial charge in [0, 0.05) is 18.6 Å². The first-order chi connectivity index (χ1) is 7.99. The van der Waals surface area contributed by atoms with Crippen LogP contribution in [0.2, 0.25) is 0 Å². The topological polar surface area (TPSA) is 69.4 Å². The van der Waals surface area contributed by atoms with Crippen LogP contribution in [0.5, 0.6) is 5.75 Å². The number of benzene rings is 1. The lowest BCUT2D eigenvalue weighted by atomic mass is 10.3. The van der Waals surface area contributed by atoms with Gasteiger partial charge in [0.25, 0.3) is 5.69 Å². The number of carbonyl (C=O) groups excluding carboxylic acids is 1. The van der Waals surface area contributed by atoms with E-state index in [9.17, 15) is 23.7 Å². The molecular weight excluding hydrogens is 236 g/mol. The van der Waals surface area contributed by atoms with Crippen molar-refractivity contribution in [3.8, 4) is 5.75 Å². The fourth-order valence-electron chi connectivity index (χ4n) is 1.05. The summed E-state index contributed by atoms with van der Waals surface area (Å²) in [5.74, 6) is -0.700. The molecule has 7 heteroatoms. The molecule has 0 spiro atoms. The number of ether oxygens (including phenoxy) is 1. The van der Waals surface area contributed by atoms with Crippen LogP contribution in [-0.2, 0) is 4.79 Å². The number of rotatable bonds is 5. The van der Waals surface area contributed by atoms with Gasteiger partial charge in [-0.25, -0.2) is 8.78 Å². The molecule has 0 heterocycles. The minimum absolute atomic E-state index is 0.0925. The molecule has 0 bridgehead atoms. The highest BCUT2D eigenvalue weighted by Crippen LogP contribution is 2.18. The van der Waals surface area contributed by atoms with Gasteiger partial charge in [-0.3, -0.25) is 14.9 Å². The molecule has 0 aromatic heterocycles. The number of non-ortho nitro benzene ring substituents is 1. The molecule has 17 heavy (non-hydrogen) atoms. The average molecular weight is 245 g/mol. The summed E-state index contributed by atoms with van der Waals surface area (Å²) in [6.45, 7) is 0. The standard InChI is InChI=1S/C10H9F2NO4/c11-9(12)5-6-10(14)17-8-3-1-7(2-4-8)13(15)16/h1-4,9H,5-6H2. The van der Waals surface area contributed by atoms with Crippen LogP contribution in [-0.4, -0.2) is 17.3 Å². The summed E-state index contributed by atoms with van der Waals surface area (Å²) in [6, 6.07) is 4.79. The number of halogens is 2. The predicted octanol–water partition coefficient (Wildman–Crippen LogP) is 2.55. The first kappa shape index (κ1) is 13.0. The number of hydrogen-bond donors (Lipinski definition) is 0. The Hall–Kier alpha value is -2.05. The largest absolute Gasteiger partial charge is 0.427 e. The lowest BCUT2D eigenvalue weighted by molar-refractivity contribution is -0.384. The molecule has 0 saturated carbocycles. The van der Waals surface area contributed by atoms with E-state index in [2.05, 4.69) is 0 Å². The number of hydrogen-bond acceptors (Lipinski definition) is 4. The monoisotopic (exact) mass is 245 g/mol. The highest BCUT2D eigenvalue weighted by molar-refractivity contribution is 5.72. The molecule has 0 fully saturated rings. The van der Waals surface area contributed by atoms with Crippen molar-refractivity contribution in [2.75, 3.05) is 0 Å². The van der Waals surface area contributed by atoms with E-state index in [0.717, 1.165) is 12.1 Å². The van der Waals surface area contributed by atoms with Gasteiger partial charge < -0.3 is 4.74 Å². The Morgan fingerprint density at radius 1 is 1.35 bits per heavy atom. The second kappa shape index (κ2) is 5.88. The van der Waals surface area contributed by atoms with E-state index in [0.29, 0.717) is 0 Å². The highest BCUT2D eigenvalue weighted by Gasteiger charge is 2.11. The summed E-state index contributed by atoms with van der Waals surface area (Å²) in [6.07, 6.45) is -3.51. The molecule has 1 rings (SSSR count). The summed E-state index contributed by atoms with van der Waals surface area (Å²) >= 11 is 0. The van der Waals surface area contributed by atoms with Gasteiger partial charge in [0.15, 0.2) is 0 Å². The third kappa shape index (κ3) is 4.54. The van der Waals surface area contributed by atoms with Crippen molar-refractivity contribution in [2.24, 2.45) is 0 Å². The van der Waals surface area contributed by atoms with Crippen molar-refractivity contribution in [3.05, 3.63) is 34.4 Å². The molecular formula is C10H9F2NO4. The van der Waals surface area contributed by atoms with Gasteiger partial charge in [0.1, 0.15) is 5.75 Å². The van der Waals surface area contributed by atoms with E-state index in [1.54, 1.807) is 0 Å². The normalized spacial score (nSPS) is 10.3. The molecule has 92 valence electrons. The van der Waals surface area contributed by atoms with Crippen molar-refractivity contribution in [2.45, 2.75) is 19.3 Å². The lowest BCUT2D eigenvalue weighted by Gasteiger charge is -2.03. The number of esters is 1. The van der Waals surface area contributed by atoms with Crippen LogP contribution in [0, 0.1) is 10.1 Å².